The quantitative estimate of drug-likeness (QED) is 0.881. The molecular formula is C17H22ClN3O2. The number of hydrogen-bond donors (Lipinski definition) is 1. The molecule has 3 rings (SSSR count). The van der Waals surface area contributed by atoms with Crippen LogP contribution in [0.5, 0.6) is 0 Å². The van der Waals surface area contributed by atoms with Crippen LogP contribution < -0.4 is 0 Å². The Morgan fingerprint density at radius 1 is 1.39 bits per heavy atom. The van der Waals surface area contributed by atoms with Crippen molar-refractivity contribution >= 4 is 11.6 Å². The second kappa shape index (κ2) is 7.45. The first-order valence-electron chi connectivity index (χ1n) is 7.75. The molecule has 2 heterocycles. The van der Waals surface area contributed by atoms with Crippen molar-refractivity contribution in [3.63, 3.8) is 0 Å². The standard InChI is InChI=1S/C17H22ClN3O2/c1-22-11-15-7-16(23-2)10-21(15)9-13-8-19-20-17(13)12-4-3-5-14(18)6-12/h3-6,8,15-16H,7,9-11H2,1-2H3,(H,19,20)/t15-,16-/m0/s1. The number of rotatable bonds is 6. The first-order chi connectivity index (χ1) is 11.2. The highest BCUT2D eigenvalue weighted by atomic mass is 35.5. The molecule has 2 aromatic rings. The fourth-order valence-electron chi connectivity index (χ4n) is 3.21. The summed E-state index contributed by atoms with van der Waals surface area (Å²) in [7, 11) is 3.51. The Morgan fingerprint density at radius 2 is 2.26 bits per heavy atom. The molecular weight excluding hydrogens is 314 g/mol. The summed E-state index contributed by atoms with van der Waals surface area (Å²) < 4.78 is 10.9. The number of nitrogens with one attached hydrogen (secondary N) is 1. The normalized spacial score (nSPS) is 21.9. The summed E-state index contributed by atoms with van der Waals surface area (Å²) in [6, 6.07) is 8.18. The van der Waals surface area contributed by atoms with Crippen LogP contribution in [0.1, 0.15) is 12.0 Å². The number of halogens is 1. The second-order valence-corrected chi connectivity index (χ2v) is 6.35. The van der Waals surface area contributed by atoms with Gasteiger partial charge in [0.25, 0.3) is 0 Å². The first kappa shape index (κ1) is 16.5. The molecule has 0 radical (unpaired) electrons. The maximum Gasteiger partial charge on any atom is 0.0714 e. The lowest BCUT2D eigenvalue weighted by atomic mass is 10.1. The topological polar surface area (TPSA) is 50.4 Å². The molecule has 1 aromatic heterocycles. The van der Waals surface area contributed by atoms with Crippen molar-refractivity contribution in [2.75, 3.05) is 27.4 Å². The molecule has 1 aromatic carbocycles. The number of benzene rings is 1. The minimum Gasteiger partial charge on any atom is -0.383 e. The smallest absolute Gasteiger partial charge is 0.0714 e. The van der Waals surface area contributed by atoms with Gasteiger partial charge in [0.2, 0.25) is 0 Å². The molecule has 1 aliphatic rings. The van der Waals surface area contributed by atoms with Gasteiger partial charge < -0.3 is 9.47 Å². The Labute approximate surface area is 141 Å². The minimum absolute atomic E-state index is 0.261. The fourth-order valence-corrected chi connectivity index (χ4v) is 3.40. The summed E-state index contributed by atoms with van der Waals surface area (Å²) >= 11 is 6.11. The third-order valence-corrected chi connectivity index (χ3v) is 4.62. The molecule has 2 atom stereocenters. The number of aromatic nitrogens is 2. The third-order valence-electron chi connectivity index (χ3n) is 4.39. The molecule has 6 heteroatoms. The van der Waals surface area contributed by atoms with E-state index in [1.807, 2.05) is 30.5 Å². The maximum atomic E-state index is 6.11. The van der Waals surface area contributed by atoms with Crippen LogP contribution in [-0.4, -0.2) is 54.6 Å². The molecule has 0 unspecified atom stereocenters. The lowest BCUT2D eigenvalue weighted by molar-refractivity contribution is 0.106. The van der Waals surface area contributed by atoms with Crippen LogP contribution in [0.15, 0.2) is 30.5 Å². The van der Waals surface area contributed by atoms with E-state index in [-0.39, 0.29) is 6.10 Å². The molecule has 0 bridgehead atoms. The predicted octanol–water partition coefficient (Wildman–Crippen LogP) is 2.97. The highest BCUT2D eigenvalue weighted by Gasteiger charge is 2.32. The summed E-state index contributed by atoms with van der Waals surface area (Å²) in [5.41, 5.74) is 3.23. The van der Waals surface area contributed by atoms with Crippen molar-refractivity contribution in [3.05, 3.63) is 41.0 Å². The Bertz CT molecular complexity index is 646. The van der Waals surface area contributed by atoms with Crippen LogP contribution in [0.3, 0.4) is 0 Å². The molecule has 0 aliphatic carbocycles. The average molecular weight is 336 g/mol. The molecule has 124 valence electrons. The van der Waals surface area contributed by atoms with Gasteiger partial charge in [-0.15, -0.1) is 0 Å². The number of nitrogens with zero attached hydrogens (tertiary/aromatic N) is 2. The number of aromatic amines is 1. The highest BCUT2D eigenvalue weighted by molar-refractivity contribution is 6.30. The van der Waals surface area contributed by atoms with E-state index in [1.54, 1.807) is 14.2 Å². The van der Waals surface area contributed by atoms with Crippen molar-refractivity contribution in [3.8, 4) is 11.3 Å². The maximum absolute atomic E-state index is 6.11. The van der Waals surface area contributed by atoms with Crippen LogP contribution >= 0.6 is 11.6 Å². The van der Waals surface area contributed by atoms with Gasteiger partial charge >= 0.3 is 0 Å². The third kappa shape index (κ3) is 3.75. The van der Waals surface area contributed by atoms with E-state index < -0.39 is 0 Å². The van der Waals surface area contributed by atoms with Crippen LogP contribution in [-0.2, 0) is 16.0 Å². The molecule has 1 fully saturated rings. The van der Waals surface area contributed by atoms with Crippen LogP contribution in [0.2, 0.25) is 5.02 Å². The molecule has 0 saturated carbocycles. The van der Waals surface area contributed by atoms with Gasteiger partial charge in [0.15, 0.2) is 0 Å². The SMILES string of the molecule is COC[C@@H]1C[C@H](OC)CN1Cc1cn[nH]c1-c1cccc(Cl)c1. The van der Waals surface area contributed by atoms with Crippen molar-refractivity contribution in [2.24, 2.45) is 0 Å². The summed E-state index contributed by atoms with van der Waals surface area (Å²) in [5, 5.41) is 8.04. The number of likely N-dealkylation sites (tertiary alicyclic amines) is 1. The molecule has 5 nitrogen and oxygen atoms in total. The first-order valence-corrected chi connectivity index (χ1v) is 8.13. The van der Waals surface area contributed by atoms with Crippen LogP contribution in [0.25, 0.3) is 11.3 Å². The van der Waals surface area contributed by atoms with Crippen LogP contribution in [0.4, 0.5) is 0 Å². The van der Waals surface area contributed by atoms with E-state index >= 15 is 0 Å². The predicted molar refractivity (Wildman–Crippen MR) is 90.5 cm³/mol. The van der Waals surface area contributed by atoms with Gasteiger partial charge in [-0.1, -0.05) is 23.7 Å². The summed E-state index contributed by atoms with van der Waals surface area (Å²) in [4.78, 5) is 2.40. The lowest BCUT2D eigenvalue weighted by Crippen LogP contribution is -2.32. The molecule has 0 amide bonds. The van der Waals surface area contributed by atoms with Crippen LogP contribution in [0, 0.1) is 0 Å². The zero-order valence-electron chi connectivity index (χ0n) is 13.5. The zero-order chi connectivity index (χ0) is 16.2. The van der Waals surface area contributed by atoms with E-state index in [0.29, 0.717) is 12.6 Å². The highest BCUT2D eigenvalue weighted by Crippen LogP contribution is 2.28. The van der Waals surface area contributed by atoms with E-state index in [0.717, 1.165) is 41.4 Å². The van der Waals surface area contributed by atoms with Gasteiger partial charge in [-0.2, -0.15) is 5.10 Å². The Hall–Kier alpha value is -1.40. The molecule has 1 N–H and O–H groups in total. The molecule has 0 spiro atoms. The Morgan fingerprint density at radius 3 is 3.00 bits per heavy atom. The lowest BCUT2D eigenvalue weighted by Gasteiger charge is -2.23. The second-order valence-electron chi connectivity index (χ2n) is 5.91. The zero-order valence-corrected chi connectivity index (χ0v) is 14.2. The van der Waals surface area contributed by atoms with E-state index in [4.69, 9.17) is 21.1 Å². The van der Waals surface area contributed by atoms with E-state index in [2.05, 4.69) is 15.1 Å². The van der Waals surface area contributed by atoms with Gasteiger partial charge in [-0.3, -0.25) is 10.00 Å². The molecule has 1 aliphatic heterocycles. The minimum atomic E-state index is 0.261. The summed E-state index contributed by atoms with van der Waals surface area (Å²) in [6.45, 7) is 2.43. The van der Waals surface area contributed by atoms with Crippen molar-refractivity contribution in [1.29, 1.82) is 0 Å². The Balaban J connectivity index is 1.79. The number of hydrogen-bond acceptors (Lipinski definition) is 4. The summed E-state index contributed by atoms with van der Waals surface area (Å²) in [5.74, 6) is 0. The monoisotopic (exact) mass is 335 g/mol. The van der Waals surface area contributed by atoms with Gasteiger partial charge in [0.05, 0.1) is 24.6 Å². The Kier molecular flexibility index (Phi) is 5.33. The van der Waals surface area contributed by atoms with E-state index in [1.165, 1.54) is 0 Å². The molecule has 1 saturated heterocycles. The van der Waals surface area contributed by atoms with Crippen molar-refractivity contribution in [2.45, 2.75) is 25.1 Å². The fraction of sp³-hybridized carbons (Fsp3) is 0.471. The van der Waals surface area contributed by atoms with Crippen molar-refractivity contribution in [1.82, 2.24) is 15.1 Å². The van der Waals surface area contributed by atoms with Gasteiger partial charge in [-0.25, -0.2) is 0 Å². The average Bonchev–Trinajstić information content (AvgIpc) is 3.15. The van der Waals surface area contributed by atoms with Crippen molar-refractivity contribution < 1.29 is 9.47 Å². The summed E-state index contributed by atoms with van der Waals surface area (Å²) in [6.07, 6.45) is 3.14. The number of methoxy groups -OCH3 is 2. The largest absolute Gasteiger partial charge is 0.383 e. The van der Waals surface area contributed by atoms with E-state index in [9.17, 15) is 0 Å². The number of ether oxygens (including phenoxy) is 2. The van der Waals surface area contributed by atoms with Gasteiger partial charge in [0, 0.05) is 49.5 Å². The number of H-pyrrole nitrogens is 1. The molecule has 23 heavy (non-hydrogen) atoms. The van der Waals surface area contributed by atoms with Gasteiger partial charge in [0.1, 0.15) is 0 Å². The van der Waals surface area contributed by atoms with Gasteiger partial charge in [-0.05, 0) is 18.6 Å².